The van der Waals surface area contributed by atoms with Crippen molar-refractivity contribution in [3.8, 4) is 0 Å². The first-order chi connectivity index (χ1) is 9.94. The number of amides is 1. The van der Waals surface area contributed by atoms with Crippen molar-refractivity contribution in [2.24, 2.45) is 5.92 Å². The lowest BCUT2D eigenvalue weighted by molar-refractivity contribution is -0.116. The van der Waals surface area contributed by atoms with Crippen molar-refractivity contribution in [3.05, 3.63) is 40.6 Å². The Bertz CT molecular complexity index is 602. The van der Waals surface area contributed by atoms with E-state index < -0.39 is 5.54 Å². The predicted octanol–water partition coefficient (Wildman–Crippen LogP) is 3.65. The molecule has 2 aliphatic rings. The number of aliphatic hydroxyl groups is 1. The summed E-state index contributed by atoms with van der Waals surface area (Å²) in [7, 11) is 0. The fourth-order valence-corrected chi connectivity index (χ4v) is 3.74. The van der Waals surface area contributed by atoms with Gasteiger partial charge in [0.15, 0.2) is 0 Å². The van der Waals surface area contributed by atoms with E-state index >= 15 is 0 Å². The molecule has 21 heavy (non-hydrogen) atoms. The molecule has 0 aromatic heterocycles. The van der Waals surface area contributed by atoms with E-state index in [9.17, 15) is 9.90 Å². The monoisotopic (exact) mass is 285 g/mol. The Hall–Kier alpha value is -1.77. The third kappa shape index (κ3) is 2.15. The van der Waals surface area contributed by atoms with E-state index in [4.69, 9.17) is 0 Å². The van der Waals surface area contributed by atoms with Gasteiger partial charge in [-0.15, -0.1) is 0 Å². The number of benzene rings is 1. The van der Waals surface area contributed by atoms with Crippen LogP contribution in [0, 0.1) is 19.8 Å². The van der Waals surface area contributed by atoms with E-state index in [1.807, 2.05) is 32.0 Å². The average molecular weight is 285 g/mol. The van der Waals surface area contributed by atoms with Crippen LogP contribution in [0.1, 0.15) is 49.3 Å². The van der Waals surface area contributed by atoms with Crippen LogP contribution in [0.15, 0.2) is 24.0 Å². The zero-order valence-corrected chi connectivity index (χ0v) is 13.0. The minimum Gasteiger partial charge on any atom is -0.509 e. The molecule has 1 aliphatic heterocycles. The Labute approximate surface area is 126 Å². The zero-order chi connectivity index (χ0) is 15.2. The SMILES string of the molecule is Cc1cccc(C)c1C1=C(O)C2(CCC(C)CC2)NC1=O. The molecule has 0 unspecified atom stereocenters. The lowest BCUT2D eigenvalue weighted by Crippen LogP contribution is -2.47. The fourth-order valence-electron chi connectivity index (χ4n) is 3.74. The molecule has 1 saturated carbocycles. The summed E-state index contributed by atoms with van der Waals surface area (Å²) in [6.07, 6.45) is 3.76. The highest BCUT2D eigenvalue weighted by Gasteiger charge is 2.47. The van der Waals surface area contributed by atoms with Crippen molar-refractivity contribution >= 4 is 11.5 Å². The molecule has 1 amide bonds. The summed E-state index contributed by atoms with van der Waals surface area (Å²) in [6.45, 7) is 6.21. The number of rotatable bonds is 1. The maximum absolute atomic E-state index is 12.5. The first-order valence-corrected chi connectivity index (χ1v) is 7.77. The number of aliphatic hydroxyl groups excluding tert-OH is 1. The number of nitrogens with one attached hydrogen (secondary N) is 1. The van der Waals surface area contributed by atoms with Crippen LogP contribution in [0.5, 0.6) is 0 Å². The maximum atomic E-state index is 12.5. The molecular weight excluding hydrogens is 262 g/mol. The molecule has 1 aromatic carbocycles. The van der Waals surface area contributed by atoms with Crippen molar-refractivity contribution in [2.75, 3.05) is 0 Å². The number of carbonyl (C=O) groups excluding carboxylic acids is 1. The highest BCUT2D eigenvalue weighted by Crippen LogP contribution is 2.43. The van der Waals surface area contributed by atoms with Crippen LogP contribution in [0.2, 0.25) is 0 Å². The molecule has 1 aliphatic carbocycles. The summed E-state index contributed by atoms with van der Waals surface area (Å²) in [5.41, 5.74) is 2.93. The molecule has 1 aromatic rings. The highest BCUT2D eigenvalue weighted by atomic mass is 16.3. The van der Waals surface area contributed by atoms with Gasteiger partial charge in [0.05, 0.1) is 11.1 Å². The third-order valence-electron chi connectivity index (χ3n) is 5.13. The van der Waals surface area contributed by atoms with Crippen molar-refractivity contribution in [1.82, 2.24) is 5.32 Å². The molecule has 3 nitrogen and oxygen atoms in total. The van der Waals surface area contributed by atoms with Crippen LogP contribution in [0.4, 0.5) is 0 Å². The zero-order valence-electron chi connectivity index (χ0n) is 13.0. The number of hydrogen-bond donors (Lipinski definition) is 2. The van der Waals surface area contributed by atoms with Crippen LogP contribution < -0.4 is 5.32 Å². The van der Waals surface area contributed by atoms with Gasteiger partial charge in [0.25, 0.3) is 5.91 Å². The van der Waals surface area contributed by atoms with Crippen LogP contribution in [-0.2, 0) is 4.79 Å². The maximum Gasteiger partial charge on any atom is 0.256 e. The summed E-state index contributed by atoms with van der Waals surface area (Å²) in [6, 6.07) is 5.96. The van der Waals surface area contributed by atoms with Gasteiger partial charge in [0, 0.05) is 0 Å². The molecule has 1 fully saturated rings. The minimum absolute atomic E-state index is 0.126. The normalized spacial score (nSPS) is 29.1. The summed E-state index contributed by atoms with van der Waals surface area (Å²) in [5, 5.41) is 13.9. The largest absolute Gasteiger partial charge is 0.509 e. The second-order valence-electron chi connectivity index (χ2n) is 6.71. The molecule has 0 saturated heterocycles. The van der Waals surface area contributed by atoms with Crippen molar-refractivity contribution in [2.45, 2.75) is 52.0 Å². The molecule has 2 N–H and O–H groups in total. The lowest BCUT2D eigenvalue weighted by Gasteiger charge is -2.36. The minimum atomic E-state index is -0.520. The quantitative estimate of drug-likeness (QED) is 0.827. The van der Waals surface area contributed by atoms with Gasteiger partial charge in [-0.1, -0.05) is 25.1 Å². The van der Waals surface area contributed by atoms with E-state index in [0.717, 1.165) is 42.4 Å². The van der Waals surface area contributed by atoms with Crippen molar-refractivity contribution in [1.29, 1.82) is 0 Å². The van der Waals surface area contributed by atoms with E-state index in [1.165, 1.54) is 0 Å². The summed E-state index contributed by atoms with van der Waals surface area (Å²) < 4.78 is 0. The average Bonchev–Trinajstić information content (AvgIpc) is 2.67. The summed E-state index contributed by atoms with van der Waals surface area (Å²) in [5.74, 6) is 0.806. The Morgan fingerprint density at radius 1 is 1.19 bits per heavy atom. The second kappa shape index (κ2) is 4.90. The van der Waals surface area contributed by atoms with Gasteiger partial charge in [-0.3, -0.25) is 4.79 Å². The van der Waals surface area contributed by atoms with Gasteiger partial charge >= 0.3 is 0 Å². The van der Waals surface area contributed by atoms with Crippen LogP contribution in [0.3, 0.4) is 0 Å². The van der Waals surface area contributed by atoms with Crippen LogP contribution >= 0.6 is 0 Å². The Morgan fingerprint density at radius 3 is 2.33 bits per heavy atom. The van der Waals surface area contributed by atoms with Gasteiger partial charge in [0.1, 0.15) is 5.76 Å². The molecule has 0 radical (unpaired) electrons. The summed E-state index contributed by atoms with van der Waals surface area (Å²) in [4.78, 5) is 12.5. The van der Waals surface area contributed by atoms with Crippen molar-refractivity contribution < 1.29 is 9.90 Å². The standard InChI is InChI=1S/C18H23NO2/c1-11-7-9-18(10-8-11)16(20)15(17(21)19-18)14-12(2)5-4-6-13(14)3/h4-6,11,20H,7-10H2,1-3H3,(H,19,21). The highest BCUT2D eigenvalue weighted by molar-refractivity contribution is 6.23. The van der Waals surface area contributed by atoms with Crippen LogP contribution in [0.25, 0.3) is 5.57 Å². The molecule has 0 bridgehead atoms. The molecule has 1 spiro atoms. The first kappa shape index (κ1) is 14.2. The number of hydrogen-bond acceptors (Lipinski definition) is 2. The fraction of sp³-hybridized carbons (Fsp3) is 0.500. The van der Waals surface area contributed by atoms with Crippen LogP contribution in [-0.4, -0.2) is 16.6 Å². The van der Waals surface area contributed by atoms with Gasteiger partial charge in [-0.25, -0.2) is 0 Å². The smallest absolute Gasteiger partial charge is 0.256 e. The second-order valence-corrected chi connectivity index (χ2v) is 6.71. The predicted molar refractivity (Wildman–Crippen MR) is 84.0 cm³/mol. The number of aryl methyl sites for hydroxylation is 2. The molecule has 0 atom stereocenters. The van der Waals surface area contributed by atoms with Crippen molar-refractivity contribution in [3.63, 3.8) is 0 Å². The first-order valence-electron chi connectivity index (χ1n) is 7.77. The van der Waals surface area contributed by atoms with Gasteiger partial charge in [-0.05, 0) is 62.1 Å². The molecule has 3 rings (SSSR count). The number of carbonyl (C=O) groups is 1. The molecule has 3 heteroatoms. The van der Waals surface area contributed by atoms with E-state index in [2.05, 4.69) is 12.2 Å². The topological polar surface area (TPSA) is 49.3 Å². The van der Waals surface area contributed by atoms with Gasteiger partial charge < -0.3 is 10.4 Å². The Balaban J connectivity index is 2.09. The van der Waals surface area contributed by atoms with E-state index in [0.29, 0.717) is 11.5 Å². The van der Waals surface area contributed by atoms with Gasteiger partial charge in [-0.2, -0.15) is 0 Å². The molecule has 112 valence electrons. The molecule has 1 heterocycles. The Morgan fingerprint density at radius 2 is 1.76 bits per heavy atom. The third-order valence-corrected chi connectivity index (χ3v) is 5.13. The van der Waals surface area contributed by atoms with E-state index in [1.54, 1.807) is 0 Å². The molecular formula is C18H23NO2. The van der Waals surface area contributed by atoms with E-state index in [-0.39, 0.29) is 11.7 Å². The van der Waals surface area contributed by atoms with Gasteiger partial charge in [0.2, 0.25) is 0 Å². The lowest BCUT2D eigenvalue weighted by atomic mass is 9.76. The Kier molecular flexibility index (Phi) is 3.31. The summed E-state index contributed by atoms with van der Waals surface area (Å²) >= 11 is 0.